The number of rotatable bonds is 4. The molecule has 0 saturated heterocycles. The van der Waals surface area contributed by atoms with E-state index in [1.807, 2.05) is 0 Å². The van der Waals surface area contributed by atoms with Gasteiger partial charge in [-0.3, -0.25) is 0 Å². The first-order valence-electron chi connectivity index (χ1n) is 13.0. The van der Waals surface area contributed by atoms with Crippen LogP contribution in [0.25, 0.3) is 22.2 Å². The number of benzene rings is 2. The number of nitrogens with one attached hydrogen (secondary N) is 1. The van der Waals surface area contributed by atoms with Crippen LogP contribution < -0.4 is 5.32 Å². The summed E-state index contributed by atoms with van der Waals surface area (Å²) in [5.41, 5.74) is 9.04. The number of nitrogens with zero attached hydrogens (tertiary/aromatic N) is 2. The summed E-state index contributed by atoms with van der Waals surface area (Å²) >= 11 is 0. The molecule has 2 saturated carbocycles. The Morgan fingerprint density at radius 2 is 1.64 bits per heavy atom. The van der Waals surface area contributed by atoms with Gasteiger partial charge in [0.15, 0.2) is 0 Å². The first-order chi connectivity index (χ1) is 15.6. The monoisotopic (exact) mass is 443 g/mol. The highest BCUT2D eigenvalue weighted by Gasteiger charge is 2.41. The number of imidazole rings is 1. The van der Waals surface area contributed by atoms with Crippen LogP contribution in [-0.4, -0.2) is 15.1 Å². The Kier molecular flexibility index (Phi) is 5.58. The van der Waals surface area contributed by atoms with Crippen LogP contribution in [0.5, 0.6) is 0 Å². The normalized spacial score (nSPS) is 27.3. The zero-order valence-electron chi connectivity index (χ0n) is 21.6. The van der Waals surface area contributed by atoms with Gasteiger partial charge in [-0.25, -0.2) is 4.98 Å². The lowest BCUT2D eigenvalue weighted by Gasteiger charge is -2.47. The first kappa shape index (κ1) is 22.5. The summed E-state index contributed by atoms with van der Waals surface area (Å²) in [7, 11) is 0. The standard InChI is InChI=1S/C30H41N3/c1-18(2)33-26-10-8-9-25(27-21(5)11-19(3)12-22(27)6)28(26)31-29(33)32-30(7)16-23-13-20(4)14-24(15-23)17-30/h8-12,18,20,23-24H,13-17H2,1-7H3,(H,31,32). The summed E-state index contributed by atoms with van der Waals surface area (Å²) in [5.74, 6) is 3.65. The van der Waals surface area contributed by atoms with E-state index < -0.39 is 0 Å². The number of aromatic nitrogens is 2. The quantitative estimate of drug-likeness (QED) is 0.440. The molecule has 0 amide bonds. The zero-order valence-corrected chi connectivity index (χ0v) is 21.6. The van der Waals surface area contributed by atoms with E-state index in [1.54, 1.807) is 0 Å². The van der Waals surface area contributed by atoms with Crippen molar-refractivity contribution in [2.75, 3.05) is 5.32 Å². The van der Waals surface area contributed by atoms with E-state index in [1.165, 1.54) is 65.4 Å². The van der Waals surface area contributed by atoms with Crippen molar-refractivity contribution in [3.05, 3.63) is 47.0 Å². The van der Waals surface area contributed by atoms with Gasteiger partial charge in [0.25, 0.3) is 0 Å². The second-order valence-corrected chi connectivity index (χ2v) is 12.0. The molecule has 2 bridgehead atoms. The summed E-state index contributed by atoms with van der Waals surface area (Å²) in [6, 6.07) is 11.6. The highest BCUT2D eigenvalue weighted by atomic mass is 15.2. The van der Waals surface area contributed by atoms with Crippen molar-refractivity contribution in [3.8, 4) is 11.1 Å². The Morgan fingerprint density at radius 1 is 1.00 bits per heavy atom. The molecule has 2 aliphatic rings. The van der Waals surface area contributed by atoms with Gasteiger partial charge >= 0.3 is 0 Å². The molecule has 1 aromatic heterocycles. The lowest BCUT2D eigenvalue weighted by atomic mass is 9.63. The fourth-order valence-corrected chi connectivity index (χ4v) is 7.50. The van der Waals surface area contributed by atoms with Crippen molar-refractivity contribution in [3.63, 3.8) is 0 Å². The third-order valence-corrected chi connectivity index (χ3v) is 8.21. The average molecular weight is 444 g/mol. The molecule has 3 aromatic rings. The fourth-order valence-electron chi connectivity index (χ4n) is 7.50. The van der Waals surface area contributed by atoms with Crippen molar-refractivity contribution >= 4 is 17.0 Å². The summed E-state index contributed by atoms with van der Waals surface area (Å²) in [6.45, 7) is 16.1. The summed E-state index contributed by atoms with van der Waals surface area (Å²) in [5, 5.41) is 4.01. The van der Waals surface area contributed by atoms with Crippen molar-refractivity contribution in [1.29, 1.82) is 0 Å². The third kappa shape index (κ3) is 4.09. The molecule has 1 N–H and O–H groups in total. The van der Waals surface area contributed by atoms with E-state index >= 15 is 0 Å². The van der Waals surface area contributed by atoms with Gasteiger partial charge in [0.1, 0.15) is 0 Å². The molecule has 2 unspecified atom stereocenters. The third-order valence-electron chi connectivity index (χ3n) is 8.21. The minimum absolute atomic E-state index is 0.123. The molecular formula is C30H41N3. The van der Waals surface area contributed by atoms with Gasteiger partial charge in [-0.15, -0.1) is 0 Å². The van der Waals surface area contributed by atoms with Crippen LogP contribution in [0, 0.1) is 38.5 Å². The molecule has 33 heavy (non-hydrogen) atoms. The molecular weight excluding hydrogens is 402 g/mol. The number of anilines is 1. The summed E-state index contributed by atoms with van der Waals surface area (Å²) in [6.07, 6.45) is 6.74. The molecule has 0 aliphatic heterocycles. The molecule has 2 aliphatic carbocycles. The number of hydrogen-bond donors (Lipinski definition) is 1. The van der Waals surface area contributed by atoms with Gasteiger partial charge in [-0.05, 0) is 114 Å². The van der Waals surface area contributed by atoms with Gasteiger partial charge in [-0.1, -0.05) is 36.8 Å². The van der Waals surface area contributed by atoms with E-state index in [-0.39, 0.29) is 5.54 Å². The average Bonchev–Trinajstić information content (AvgIpc) is 3.04. The SMILES string of the molecule is Cc1cc(C)c(-c2cccc3c2nc(NC2(C)CC4CC(C)CC(C4)C2)n3C(C)C)c(C)c1. The smallest absolute Gasteiger partial charge is 0.204 e. The molecule has 0 spiro atoms. The summed E-state index contributed by atoms with van der Waals surface area (Å²) < 4.78 is 2.43. The predicted octanol–water partition coefficient (Wildman–Crippen LogP) is 8.23. The van der Waals surface area contributed by atoms with E-state index in [0.29, 0.717) is 6.04 Å². The fraction of sp³-hybridized carbons (Fsp3) is 0.567. The minimum atomic E-state index is 0.123. The number of hydrogen-bond acceptors (Lipinski definition) is 2. The molecule has 1 heterocycles. The second kappa shape index (κ2) is 8.18. The topological polar surface area (TPSA) is 29.9 Å². The van der Waals surface area contributed by atoms with Crippen molar-refractivity contribution in [2.45, 2.75) is 92.2 Å². The Hall–Kier alpha value is -2.29. The van der Waals surface area contributed by atoms with Gasteiger partial charge in [0.05, 0.1) is 11.0 Å². The van der Waals surface area contributed by atoms with Crippen LogP contribution in [0.15, 0.2) is 30.3 Å². The van der Waals surface area contributed by atoms with Crippen molar-refractivity contribution < 1.29 is 0 Å². The van der Waals surface area contributed by atoms with Gasteiger partial charge in [-0.2, -0.15) is 0 Å². The van der Waals surface area contributed by atoms with Crippen molar-refractivity contribution in [2.24, 2.45) is 17.8 Å². The number of para-hydroxylation sites is 1. The molecule has 0 radical (unpaired) electrons. The number of fused-ring (bicyclic) bond motifs is 3. The maximum atomic E-state index is 5.31. The highest BCUT2D eigenvalue weighted by Crippen LogP contribution is 2.48. The lowest BCUT2D eigenvalue weighted by Crippen LogP contribution is -2.46. The largest absolute Gasteiger partial charge is 0.350 e. The summed E-state index contributed by atoms with van der Waals surface area (Å²) in [4.78, 5) is 5.31. The Balaban J connectivity index is 1.60. The lowest BCUT2D eigenvalue weighted by molar-refractivity contribution is 0.102. The van der Waals surface area contributed by atoms with E-state index in [9.17, 15) is 0 Å². The molecule has 3 nitrogen and oxygen atoms in total. The Bertz CT molecular complexity index is 1140. The van der Waals surface area contributed by atoms with Crippen LogP contribution in [0.1, 0.15) is 82.5 Å². The molecule has 176 valence electrons. The van der Waals surface area contributed by atoms with E-state index in [4.69, 9.17) is 4.98 Å². The van der Waals surface area contributed by atoms with Gasteiger partial charge < -0.3 is 9.88 Å². The Labute approximate surface area is 200 Å². The first-order valence-corrected chi connectivity index (χ1v) is 13.0. The van der Waals surface area contributed by atoms with Crippen LogP contribution in [-0.2, 0) is 0 Å². The van der Waals surface area contributed by atoms with Crippen LogP contribution in [0.3, 0.4) is 0 Å². The van der Waals surface area contributed by atoms with Gasteiger partial charge in [0.2, 0.25) is 5.95 Å². The Morgan fingerprint density at radius 3 is 2.24 bits per heavy atom. The second-order valence-electron chi connectivity index (χ2n) is 12.0. The molecule has 3 heteroatoms. The van der Waals surface area contributed by atoms with Crippen LogP contribution >= 0.6 is 0 Å². The van der Waals surface area contributed by atoms with Crippen LogP contribution in [0.4, 0.5) is 5.95 Å². The van der Waals surface area contributed by atoms with E-state index in [0.717, 1.165) is 29.2 Å². The minimum Gasteiger partial charge on any atom is -0.350 e. The number of aryl methyl sites for hydroxylation is 3. The maximum absolute atomic E-state index is 5.31. The van der Waals surface area contributed by atoms with Crippen LogP contribution in [0.2, 0.25) is 0 Å². The molecule has 2 atom stereocenters. The van der Waals surface area contributed by atoms with E-state index in [2.05, 4.69) is 88.7 Å². The maximum Gasteiger partial charge on any atom is 0.204 e. The molecule has 2 fully saturated rings. The van der Waals surface area contributed by atoms with Gasteiger partial charge in [0, 0.05) is 17.1 Å². The highest BCUT2D eigenvalue weighted by molar-refractivity contribution is 5.95. The molecule has 2 aromatic carbocycles. The molecule has 5 rings (SSSR count). The predicted molar refractivity (Wildman–Crippen MR) is 141 cm³/mol. The van der Waals surface area contributed by atoms with Crippen molar-refractivity contribution in [1.82, 2.24) is 9.55 Å². The zero-order chi connectivity index (χ0) is 23.5.